The van der Waals surface area contributed by atoms with E-state index in [9.17, 15) is 9.59 Å². The molecule has 0 atom stereocenters. The first-order chi connectivity index (χ1) is 9.74. The molecule has 0 spiro atoms. The van der Waals surface area contributed by atoms with Crippen LogP contribution >= 0.6 is 0 Å². The van der Waals surface area contributed by atoms with Crippen LogP contribution in [0.3, 0.4) is 0 Å². The molecule has 1 aromatic carbocycles. The fourth-order valence-electron chi connectivity index (χ4n) is 2.18. The first-order valence-electron chi connectivity index (χ1n) is 6.75. The van der Waals surface area contributed by atoms with E-state index in [0.29, 0.717) is 19.5 Å². The topological polar surface area (TPSA) is 76.1 Å². The Bertz CT molecular complexity index is 562. The summed E-state index contributed by atoms with van der Waals surface area (Å²) in [6, 6.07) is 5.11. The number of rotatable bonds is 1. The van der Waals surface area contributed by atoms with Crippen LogP contribution in [0.25, 0.3) is 0 Å². The van der Waals surface area contributed by atoms with Gasteiger partial charge in [-0.15, -0.1) is 0 Å². The number of fused-ring (bicyclic) bond motifs is 1. The molecule has 1 amide bonds. The number of carboxylic acid groups (broad SMARTS) is 1. The highest BCUT2D eigenvalue weighted by Crippen LogP contribution is 2.25. The van der Waals surface area contributed by atoms with Gasteiger partial charge in [-0.25, -0.2) is 9.59 Å². The predicted octanol–water partition coefficient (Wildman–Crippen LogP) is 3.04. The summed E-state index contributed by atoms with van der Waals surface area (Å²) in [7, 11) is 0. The molecule has 0 saturated carbocycles. The molecule has 0 aliphatic carbocycles. The maximum Gasteiger partial charge on any atom is 0.511 e. The van der Waals surface area contributed by atoms with E-state index in [0.717, 1.165) is 11.1 Å². The van der Waals surface area contributed by atoms with E-state index in [1.807, 2.05) is 26.8 Å². The van der Waals surface area contributed by atoms with Gasteiger partial charge < -0.3 is 19.5 Å². The van der Waals surface area contributed by atoms with Crippen molar-refractivity contribution >= 4 is 12.2 Å². The van der Waals surface area contributed by atoms with Crippen LogP contribution in [-0.2, 0) is 17.7 Å². The highest BCUT2D eigenvalue weighted by Gasteiger charge is 2.25. The number of nitrogens with zero attached hydrogens (tertiary/aromatic N) is 1. The minimum absolute atomic E-state index is 0.257. The summed E-state index contributed by atoms with van der Waals surface area (Å²) < 4.78 is 9.99. The van der Waals surface area contributed by atoms with Crippen LogP contribution in [-0.4, -0.2) is 34.4 Å². The molecular weight excluding hydrogens is 274 g/mol. The normalized spacial score (nSPS) is 14.3. The minimum Gasteiger partial charge on any atom is -0.449 e. The first-order valence-corrected chi connectivity index (χ1v) is 6.75. The van der Waals surface area contributed by atoms with Gasteiger partial charge in [0.2, 0.25) is 0 Å². The zero-order valence-corrected chi connectivity index (χ0v) is 12.4. The molecule has 0 saturated heterocycles. The van der Waals surface area contributed by atoms with Crippen molar-refractivity contribution in [2.45, 2.75) is 39.3 Å². The molecule has 1 aromatic rings. The van der Waals surface area contributed by atoms with E-state index in [4.69, 9.17) is 9.84 Å². The van der Waals surface area contributed by atoms with Gasteiger partial charge in [-0.2, -0.15) is 0 Å². The summed E-state index contributed by atoms with van der Waals surface area (Å²) in [5.41, 5.74) is 1.43. The van der Waals surface area contributed by atoms with Gasteiger partial charge in [0, 0.05) is 13.1 Å². The molecule has 1 aliphatic heterocycles. The van der Waals surface area contributed by atoms with Gasteiger partial charge >= 0.3 is 12.2 Å². The second-order valence-corrected chi connectivity index (χ2v) is 5.95. The quantitative estimate of drug-likeness (QED) is 0.636. The maximum absolute atomic E-state index is 12.1. The summed E-state index contributed by atoms with van der Waals surface area (Å²) in [4.78, 5) is 24.2. The monoisotopic (exact) mass is 293 g/mol. The van der Waals surface area contributed by atoms with E-state index in [1.54, 1.807) is 17.0 Å². The molecule has 0 radical (unpaired) electrons. The lowest BCUT2D eigenvalue weighted by molar-refractivity contribution is 0.0223. The zero-order chi connectivity index (χ0) is 15.6. The Balaban J connectivity index is 2.11. The summed E-state index contributed by atoms with van der Waals surface area (Å²) in [5, 5.41) is 8.63. The fraction of sp³-hybridized carbons (Fsp3) is 0.467. The number of hydrogen-bond acceptors (Lipinski definition) is 4. The molecule has 0 bridgehead atoms. The Kier molecular flexibility index (Phi) is 4.06. The van der Waals surface area contributed by atoms with Crippen LogP contribution in [0.2, 0.25) is 0 Å². The van der Waals surface area contributed by atoms with Crippen LogP contribution in [0.4, 0.5) is 9.59 Å². The molecular formula is C15H19NO5. The number of ether oxygens (including phenoxy) is 2. The summed E-state index contributed by atoms with van der Waals surface area (Å²) in [5.74, 6) is 0.257. The number of carbonyl (C=O) groups excluding carboxylic acids is 1. The Labute approximate surface area is 123 Å². The lowest BCUT2D eigenvalue weighted by Gasteiger charge is -2.31. The Hall–Kier alpha value is -2.24. The summed E-state index contributed by atoms with van der Waals surface area (Å²) in [6.07, 6.45) is -1.01. The van der Waals surface area contributed by atoms with Crippen molar-refractivity contribution in [3.8, 4) is 5.75 Å². The van der Waals surface area contributed by atoms with Gasteiger partial charge in [0.1, 0.15) is 11.4 Å². The Morgan fingerprint density at radius 2 is 1.95 bits per heavy atom. The lowest BCUT2D eigenvalue weighted by Crippen LogP contribution is -2.39. The van der Waals surface area contributed by atoms with E-state index in [-0.39, 0.29) is 11.8 Å². The van der Waals surface area contributed by atoms with E-state index < -0.39 is 11.8 Å². The van der Waals surface area contributed by atoms with E-state index in [2.05, 4.69) is 4.74 Å². The van der Waals surface area contributed by atoms with Crippen molar-refractivity contribution < 1.29 is 24.2 Å². The molecule has 114 valence electrons. The molecule has 1 N–H and O–H groups in total. The fourth-order valence-corrected chi connectivity index (χ4v) is 2.18. The standard InChI is InChI=1S/C15H19NO5/c1-15(2,3)21-13(17)16-7-6-10-4-5-12(20-14(18)19)8-11(10)9-16/h4-5,8H,6-7,9H2,1-3H3,(H,18,19). The van der Waals surface area contributed by atoms with E-state index >= 15 is 0 Å². The molecule has 6 nitrogen and oxygen atoms in total. The van der Waals surface area contributed by atoms with Gasteiger partial charge in [0.15, 0.2) is 0 Å². The third kappa shape index (κ3) is 4.11. The zero-order valence-electron chi connectivity index (χ0n) is 12.4. The molecule has 21 heavy (non-hydrogen) atoms. The molecule has 2 rings (SSSR count). The largest absolute Gasteiger partial charge is 0.511 e. The van der Waals surface area contributed by atoms with Crippen molar-refractivity contribution in [3.05, 3.63) is 29.3 Å². The first kappa shape index (κ1) is 15.2. The summed E-state index contributed by atoms with van der Waals surface area (Å²) in [6.45, 7) is 6.44. The van der Waals surface area contributed by atoms with Crippen molar-refractivity contribution in [3.63, 3.8) is 0 Å². The average Bonchev–Trinajstić information content (AvgIpc) is 2.35. The van der Waals surface area contributed by atoms with Crippen LogP contribution in [0, 0.1) is 0 Å². The predicted molar refractivity (Wildman–Crippen MR) is 75.4 cm³/mol. The van der Waals surface area contributed by atoms with Gasteiger partial charge in [-0.05, 0) is 50.5 Å². The molecule has 1 aliphatic rings. The van der Waals surface area contributed by atoms with Crippen molar-refractivity contribution in [2.24, 2.45) is 0 Å². The third-order valence-corrected chi connectivity index (χ3v) is 3.05. The van der Waals surface area contributed by atoms with Gasteiger partial charge in [-0.1, -0.05) is 6.07 Å². The van der Waals surface area contributed by atoms with Crippen LogP contribution in [0.15, 0.2) is 18.2 Å². The second-order valence-electron chi connectivity index (χ2n) is 5.95. The van der Waals surface area contributed by atoms with Crippen molar-refractivity contribution in [2.75, 3.05) is 6.54 Å². The van der Waals surface area contributed by atoms with Crippen LogP contribution < -0.4 is 4.74 Å². The van der Waals surface area contributed by atoms with Crippen LogP contribution in [0.1, 0.15) is 31.9 Å². The van der Waals surface area contributed by atoms with Gasteiger partial charge in [0.25, 0.3) is 0 Å². The Morgan fingerprint density at radius 3 is 2.57 bits per heavy atom. The molecule has 0 unspecified atom stereocenters. The van der Waals surface area contributed by atoms with Gasteiger partial charge in [0.05, 0.1) is 0 Å². The third-order valence-electron chi connectivity index (χ3n) is 3.05. The number of benzene rings is 1. The van der Waals surface area contributed by atoms with Gasteiger partial charge in [-0.3, -0.25) is 0 Å². The number of carbonyl (C=O) groups is 2. The van der Waals surface area contributed by atoms with Crippen molar-refractivity contribution in [1.82, 2.24) is 4.90 Å². The minimum atomic E-state index is -1.35. The SMILES string of the molecule is CC(C)(C)OC(=O)N1CCc2ccc(OC(=O)O)cc2C1. The van der Waals surface area contributed by atoms with Crippen LogP contribution in [0.5, 0.6) is 5.75 Å². The molecule has 0 aromatic heterocycles. The molecule has 1 heterocycles. The Morgan fingerprint density at radius 1 is 1.24 bits per heavy atom. The van der Waals surface area contributed by atoms with E-state index in [1.165, 1.54) is 0 Å². The summed E-state index contributed by atoms with van der Waals surface area (Å²) >= 11 is 0. The number of amides is 1. The number of hydrogen-bond donors (Lipinski definition) is 1. The highest BCUT2D eigenvalue weighted by atomic mass is 16.7. The lowest BCUT2D eigenvalue weighted by atomic mass is 10.00. The second kappa shape index (κ2) is 5.63. The molecule has 6 heteroatoms. The highest BCUT2D eigenvalue weighted by molar-refractivity contribution is 5.69. The maximum atomic E-state index is 12.1. The average molecular weight is 293 g/mol. The molecule has 0 fully saturated rings. The smallest absolute Gasteiger partial charge is 0.449 e. The van der Waals surface area contributed by atoms with Crippen molar-refractivity contribution in [1.29, 1.82) is 0 Å².